The Labute approximate surface area is 108 Å². The summed E-state index contributed by atoms with van der Waals surface area (Å²) in [6, 6.07) is 3.79. The first kappa shape index (κ1) is 14.0. The van der Waals surface area contributed by atoms with E-state index in [1.807, 2.05) is 51.1 Å². The molecule has 0 aliphatic heterocycles. The van der Waals surface area contributed by atoms with Gasteiger partial charge in [0.15, 0.2) is 0 Å². The molecule has 2 heteroatoms. The number of phenolic OH excluding ortho intramolecular Hbond substituents is 1. The van der Waals surface area contributed by atoms with Crippen LogP contribution >= 0.6 is 0 Å². The van der Waals surface area contributed by atoms with E-state index >= 15 is 0 Å². The molecule has 0 atom stereocenters. The summed E-state index contributed by atoms with van der Waals surface area (Å²) in [5.74, 6) is 0.290. The van der Waals surface area contributed by atoms with Crippen molar-refractivity contribution in [3.63, 3.8) is 0 Å². The number of nitrogens with one attached hydrogen (secondary N) is 1. The van der Waals surface area contributed by atoms with Gasteiger partial charge in [0.25, 0.3) is 0 Å². The number of hydrogen-bond acceptors (Lipinski definition) is 2. The van der Waals surface area contributed by atoms with Crippen LogP contribution in [0.25, 0.3) is 6.08 Å². The Bertz CT molecular complexity index is 499. The van der Waals surface area contributed by atoms with E-state index in [4.69, 9.17) is 5.41 Å². The zero-order valence-corrected chi connectivity index (χ0v) is 11.1. The lowest BCUT2D eigenvalue weighted by Crippen LogP contribution is -1.84. The second kappa shape index (κ2) is 6.60. The first-order valence-electron chi connectivity index (χ1n) is 5.90. The van der Waals surface area contributed by atoms with Crippen LogP contribution in [0.5, 0.6) is 5.75 Å². The maximum absolute atomic E-state index is 9.91. The summed E-state index contributed by atoms with van der Waals surface area (Å²) in [7, 11) is 0. The third-order valence-electron chi connectivity index (χ3n) is 2.59. The fourth-order valence-electron chi connectivity index (χ4n) is 1.81. The lowest BCUT2D eigenvalue weighted by Gasteiger charge is -2.05. The molecule has 0 saturated heterocycles. The number of aromatic hydroxyl groups is 1. The standard InChI is InChI=1S/C16H19NO/c1-4-5-14(8-9-17)6-7-15-13(3)10-12(2)11-16(15)18/h4-11,17-18H,1-3H3/b5-4-,7-6+,14-8+,17-9?. The van der Waals surface area contributed by atoms with E-state index in [9.17, 15) is 5.11 Å². The number of benzene rings is 1. The third kappa shape index (κ3) is 3.74. The molecule has 1 rings (SSSR count). The van der Waals surface area contributed by atoms with Crippen LogP contribution in [0.2, 0.25) is 0 Å². The fraction of sp³-hybridized carbons (Fsp3) is 0.188. The van der Waals surface area contributed by atoms with Crippen LogP contribution in [-0.4, -0.2) is 11.3 Å². The highest BCUT2D eigenvalue weighted by molar-refractivity contribution is 5.73. The summed E-state index contributed by atoms with van der Waals surface area (Å²) in [5.41, 5.74) is 3.83. The molecule has 2 nitrogen and oxygen atoms in total. The van der Waals surface area contributed by atoms with Crippen molar-refractivity contribution in [3.8, 4) is 5.75 Å². The molecular weight excluding hydrogens is 222 g/mol. The van der Waals surface area contributed by atoms with Crippen molar-refractivity contribution in [3.05, 3.63) is 58.7 Å². The lowest BCUT2D eigenvalue weighted by atomic mass is 10.0. The molecule has 0 fully saturated rings. The summed E-state index contributed by atoms with van der Waals surface area (Å²) < 4.78 is 0. The van der Waals surface area contributed by atoms with Crippen molar-refractivity contribution in [1.29, 1.82) is 5.41 Å². The van der Waals surface area contributed by atoms with E-state index in [1.54, 1.807) is 12.1 Å². The van der Waals surface area contributed by atoms with Crippen LogP contribution in [0, 0.1) is 19.3 Å². The fourth-order valence-corrected chi connectivity index (χ4v) is 1.81. The molecule has 0 saturated carbocycles. The van der Waals surface area contributed by atoms with Gasteiger partial charge in [-0.2, -0.15) is 0 Å². The molecule has 0 bridgehead atoms. The molecule has 0 spiro atoms. The van der Waals surface area contributed by atoms with Gasteiger partial charge in [0.05, 0.1) is 0 Å². The van der Waals surface area contributed by atoms with Crippen LogP contribution in [0.4, 0.5) is 0 Å². The molecule has 0 heterocycles. The maximum Gasteiger partial charge on any atom is 0.123 e. The van der Waals surface area contributed by atoms with Crippen LogP contribution in [-0.2, 0) is 0 Å². The maximum atomic E-state index is 9.91. The molecule has 18 heavy (non-hydrogen) atoms. The van der Waals surface area contributed by atoms with E-state index in [-0.39, 0.29) is 0 Å². The van der Waals surface area contributed by atoms with Crippen molar-refractivity contribution in [1.82, 2.24) is 0 Å². The Morgan fingerprint density at radius 1 is 1.22 bits per heavy atom. The van der Waals surface area contributed by atoms with Gasteiger partial charge in [-0.25, -0.2) is 0 Å². The van der Waals surface area contributed by atoms with E-state index in [0.29, 0.717) is 5.75 Å². The molecule has 0 aliphatic rings. The SMILES string of the molecule is C\C=C/C(/C=C/c1c(C)cc(C)cc1O)=C\C=N. The predicted octanol–water partition coefficient (Wildman–Crippen LogP) is 4.17. The van der Waals surface area contributed by atoms with Crippen LogP contribution in [0.3, 0.4) is 0 Å². The van der Waals surface area contributed by atoms with Gasteiger partial charge >= 0.3 is 0 Å². The van der Waals surface area contributed by atoms with Crippen molar-refractivity contribution < 1.29 is 5.11 Å². The highest BCUT2D eigenvalue weighted by atomic mass is 16.3. The molecule has 0 amide bonds. The van der Waals surface area contributed by atoms with Crippen LogP contribution in [0.1, 0.15) is 23.6 Å². The van der Waals surface area contributed by atoms with Gasteiger partial charge in [-0.3, -0.25) is 0 Å². The summed E-state index contributed by atoms with van der Waals surface area (Å²) >= 11 is 0. The molecule has 1 aromatic rings. The average Bonchev–Trinajstić information content (AvgIpc) is 2.28. The summed E-state index contributed by atoms with van der Waals surface area (Å²) in [4.78, 5) is 0. The Kier molecular flexibility index (Phi) is 5.12. The largest absolute Gasteiger partial charge is 0.507 e. The molecule has 94 valence electrons. The minimum Gasteiger partial charge on any atom is -0.507 e. The second-order valence-corrected chi connectivity index (χ2v) is 4.18. The number of phenols is 1. The zero-order chi connectivity index (χ0) is 13.5. The lowest BCUT2D eigenvalue weighted by molar-refractivity contribution is 0.473. The molecule has 0 radical (unpaired) electrons. The normalized spacial score (nSPS) is 12.5. The van der Waals surface area contributed by atoms with Gasteiger partial charge in [0.1, 0.15) is 5.75 Å². The topological polar surface area (TPSA) is 44.1 Å². The smallest absolute Gasteiger partial charge is 0.123 e. The van der Waals surface area contributed by atoms with Crippen LogP contribution < -0.4 is 0 Å². The molecule has 0 unspecified atom stereocenters. The highest BCUT2D eigenvalue weighted by Gasteiger charge is 2.02. The number of rotatable bonds is 4. The van der Waals surface area contributed by atoms with Crippen LogP contribution in [0.15, 0.2) is 42.0 Å². The minimum absolute atomic E-state index is 0.290. The van der Waals surface area contributed by atoms with Gasteiger partial charge < -0.3 is 10.5 Å². The molecule has 0 aliphatic carbocycles. The van der Waals surface area contributed by atoms with Gasteiger partial charge in [-0.05, 0) is 49.6 Å². The van der Waals surface area contributed by atoms with Gasteiger partial charge in [0.2, 0.25) is 0 Å². The Morgan fingerprint density at radius 3 is 2.50 bits per heavy atom. The van der Waals surface area contributed by atoms with E-state index < -0.39 is 0 Å². The van der Waals surface area contributed by atoms with Gasteiger partial charge in [-0.15, -0.1) is 0 Å². The van der Waals surface area contributed by atoms with E-state index in [1.165, 1.54) is 6.21 Å². The van der Waals surface area contributed by atoms with E-state index in [2.05, 4.69) is 0 Å². The Hall–Kier alpha value is -2.09. The third-order valence-corrected chi connectivity index (χ3v) is 2.59. The van der Waals surface area contributed by atoms with Crippen molar-refractivity contribution >= 4 is 12.3 Å². The Balaban J connectivity index is 3.10. The quantitative estimate of drug-likeness (QED) is 0.603. The van der Waals surface area contributed by atoms with Gasteiger partial charge in [0, 0.05) is 11.8 Å². The number of aryl methyl sites for hydroxylation is 2. The van der Waals surface area contributed by atoms with Gasteiger partial charge in [-0.1, -0.05) is 30.4 Å². The minimum atomic E-state index is 0.290. The monoisotopic (exact) mass is 241 g/mol. The summed E-state index contributed by atoms with van der Waals surface area (Å²) in [6.07, 6.45) is 10.6. The molecule has 0 aromatic heterocycles. The zero-order valence-electron chi connectivity index (χ0n) is 11.1. The number of allylic oxidation sites excluding steroid dienone is 5. The van der Waals surface area contributed by atoms with Crippen molar-refractivity contribution in [2.75, 3.05) is 0 Å². The molecular formula is C16H19NO. The number of hydrogen-bond donors (Lipinski definition) is 2. The molecule has 1 aromatic carbocycles. The average molecular weight is 241 g/mol. The second-order valence-electron chi connectivity index (χ2n) is 4.18. The predicted molar refractivity (Wildman–Crippen MR) is 78.3 cm³/mol. The first-order valence-corrected chi connectivity index (χ1v) is 5.90. The summed E-state index contributed by atoms with van der Waals surface area (Å²) in [6.45, 7) is 5.86. The highest BCUT2D eigenvalue weighted by Crippen LogP contribution is 2.24. The Morgan fingerprint density at radius 2 is 1.94 bits per heavy atom. The van der Waals surface area contributed by atoms with E-state index in [0.717, 1.165) is 22.3 Å². The first-order chi connectivity index (χ1) is 8.58. The van der Waals surface area contributed by atoms with Crippen molar-refractivity contribution in [2.45, 2.75) is 20.8 Å². The summed E-state index contributed by atoms with van der Waals surface area (Å²) in [5, 5.41) is 17.0. The molecule has 2 N–H and O–H groups in total. The van der Waals surface area contributed by atoms with Crippen molar-refractivity contribution in [2.24, 2.45) is 0 Å².